The predicted molar refractivity (Wildman–Crippen MR) is 143 cm³/mol. The third-order valence-corrected chi connectivity index (χ3v) is 7.57. The van der Waals surface area contributed by atoms with E-state index in [1.165, 1.54) is 10.5 Å². The number of rotatable bonds is 6. The minimum absolute atomic E-state index is 0.112. The molecule has 1 fully saturated rings. The van der Waals surface area contributed by atoms with Crippen molar-refractivity contribution in [3.05, 3.63) is 83.4 Å². The number of ether oxygens (including phenoxy) is 2. The van der Waals surface area contributed by atoms with Crippen molar-refractivity contribution >= 4 is 29.1 Å². The molecular weight excluding hydrogens is 482 g/mol. The summed E-state index contributed by atoms with van der Waals surface area (Å²) in [7, 11) is 1.86. The van der Waals surface area contributed by atoms with E-state index in [9.17, 15) is 14.4 Å². The Morgan fingerprint density at radius 1 is 0.974 bits per heavy atom. The standard InChI is InChI=1S/C30H29N3O5/c1-31(16-14-20-7-3-2-4-8-20)28(34)21-9-6-15-32(18-21)24-11-5-10-23-27(24)30(36)33(29(23)35)22-12-13-25-26(17-22)38-19-37-25/h2-5,7-8,10-13,17,21H,6,9,14-16,18-19H2,1H3/t21-/m0/s1. The maximum absolute atomic E-state index is 13.6. The van der Waals surface area contributed by atoms with Crippen molar-refractivity contribution in [1.82, 2.24) is 4.90 Å². The fraction of sp³-hybridized carbons (Fsp3) is 0.300. The minimum atomic E-state index is -0.368. The van der Waals surface area contributed by atoms with E-state index in [0.717, 1.165) is 25.8 Å². The molecule has 1 saturated heterocycles. The van der Waals surface area contributed by atoms with Crippen LogP contribution >= 0.6 is 0 Å². The monoisotopic (exact) mass is 511 g/mol. The van der Waals surface area contributed by atoms with Crippen LogP contribution in [0.4, 0.5) is 11.4 Å². The van der Waals surface area contributed by atoms with Crippen LogP contribution in [0.15, 0.2) is 66.7 Å². The topological polar surface area (TPSA) is 79.4 Å². The molecule has 0 aromatic heterocycles. The van der Waals surface area contributed by atoms with Gasteiger partial charge < -0.3 is 19.3 Å². The minimum Gasteiger partial charge on any atom is -0.454 e. The molecular formula is C30H29N3O5. The van der Waals surface area contributed by atoms with E-state index >= 15 is 0 Å². The summed E-state index contributed by atoms with van der Waals surface area (Å²) in [5.74, 6) is 0.306. The highest BCUT2D eigenvalue weighted by Crippen LogP contribution is 2.40. The first-order valence-electron chi connectivity index (χ1n) is 13.0. The number of carbonyl (C=O) groups excluding carboxylic acids is 3. The molecule has 3 amide bonds. The van der Waals surface area contributed by atoms with E-state index in [2.05, 4.69) is 17.0 Å². The van der Waals surface area contributed by atoms with Crippen LogP contribution in [0.5, 0.6) is 11.5 Å². The lowest BCUT2D eigenvalue weighted by molar-refractivity contribution is -0.134. The number of nitrogens with zero attached hydrogens (tertiary/aromatic N) is 3. The van der Waals surface area contributed by atoms with Gasteiger partial charge in [-0.05, 0) is 49.1 Å². The van der Waals surface area contributed by atoms with Gasteiger partial charge in [-0.25, -0.2) is 4.90 Å². The lowest BCUT2D eigenvalue weighted by Gasteiger charge is -2.36. The zero-order chi connectivity index (χ0) is 26.2. The summed E-state index contributed by atoms with van der Waals surface area (Å²) >= 11 is 0. The number of anilines is 2. The summed E-state index contributed by atoms with van der Waals surface area (Å²) in [5, 5.41) is 0. The van der Waals surface area contributed by atoms with Crippen molar-refractivity contribution < 1.29 is 23.9 Å². The van der Waals surface area contributed by atoms with Crippen LogP contribution in [-0.4, -0.2) is 56.1 Å². The lowest BCUT2D eigenvalue weighted by atomic mass is 9.94. The number of benzene rings is 3. The fourth-order valence-electron chi connectivity index (χ4n) is 5.55. The van der Waals surface area contributed by atoms with Crippen molar-refractivity contribution in [2.45, 2.75) is 19.3 Å². The summed E-state index contributed by atoms with van der Waals surface area (Å²) in [4.78, 5) is 45.4. The summed E-state index contributed by atoms with van der Waals surface area (Å²) in [6.45, 7) is 1.99. The summed E-state index contributed by atoms with van der Waals surface area (Å²) in [6, 6.07) is 20.6. The summed E-state index contributed by atoms with van der Waals surface area (Å²) in [5.41, 5.74) is 3.11. The maximum Gasteiger partial charge on any atom is 0.268 e. The number of piperidine rings is 1. The second kappa shape index (κ2) is 9.85. The first-order chi connectivity index (χ1) is 18.5. The average molecular weight is 512 g/mol. The van der Waals surface area contributed by atoms with Crippen LogP contribution in [0.1, 0.15) is 39.1 Å². The molecule has 194 valence electrons. The molecule has 3 heterocycles. The first kappa shape index (κ1) is 24.0. The van der Waals surface area contributed by atoms with Crippen molar-refractivity contribution in [3.63, 3.8) is 0 Å². The van der Waals surface area contributed by atoms with E-state index in [1.54, 1.807) is 30.3 Å². The summed E-state index contributed by atoms with van der Waals surface area (Å²) < 4.78 is 10.8. The zero-order valence-corrected chi connectivity index (χ0v) is 21.3. The number of imide groups is 1. The highest BCUT2D eigenvalue weighted by atomic mass is 16.7. The molecule has 3 aliphatic rings. The third kappa shape index (κ3) is 4.26. The predicted octanol–water partition coefficient (Wildman–Crippen LogP) is 4.13. The van der Waals surface area contributed by atoms with E-state index < -0.39 is 0 Å². The van der Waals surface area contributed by atoms with Gasteiger partial charge in [0.05, 0.1) is 28.4 Å². The van der Waals surface area contributed by atoms with Gasteiger partial charge in [-0.1, -0.05) is 36.4 Å². The fourth-order valence-corrected chi connectivity index (χ4v) is 5.55. The second-order valence-corrected chi connectivity index (χ2v) is 9.96. The molecule has 6 rings (SSSR count). The molecule has 38 heavy (non-hydrogen) atoms. The normalized spacial score (nSPS) is 18.1. The van der Waals surface area contributed by atoms with E-state index in [0.29, 0.717) is 47.1 Å². The molecule has 8 nitrogen and oxygen atoms in total. The van der Waals surface area contributed by atoms with Gasteiger partial charge in [-0.15, -0.1) is 0 Å². The molecule has 0 spiro atoms. The molecule has 0 saturated carbocycles. The van der Waals surface area contributed by atoms with Crippen molar-refractivity contribution in [1.29, 1.82) is 0 Å². The van der Waals surface area contributed by atoms with Crippen LogP contribution in [0, 0.1) is 5.92 Å². The van der Waals surface area contributed by atoms with E-state index in [-0.39, 0.29) is 30.4 Å². The molecule has 3 aromatic carbocycles. The molecule has 0 aliphatic carbocycles. The molecule has 1 atom stereocenters. The Hall–Kier alpha value is -4.33. The molecule has 8 heteroatoms. The van der Waals surface area contributed by atoms with Crippen molar-refractivity contribution in [2.75, 3.05) is 43.3 Å². The largest absolute Gasteiger partial charge is 0.454 e. The molecule has 0 N–H and O–H groups in total. The van der Waals surface area contributed by atoms with Gasteiger partial charge in [-0.3, -0.25) is 14.4 Å². The van der Waals surface area contributed by atoms with Gasteiger partial charge in [0.2, 0.25) is 12.7 Å². The van der Waals surface area contributed by atoms with E-state index in [1.807, 2.05) is 36.2 Å². The van der Waals surface area contributed by atoms with Gasteiger partial charge in [0.1, 0.15) is 0 Å². The number of carbonyl (C=O) groups is 3. The number of hydrogen-bond donors (Lipinski definition) is 0. The third-order valence-electron chi connectivity index (χ3n) is 7.57. The Morgan fingerprint density at radius 2 is 1.79 bits per heavy atom. The quantitative estimate of drug-likeness (QED) is 0.463. The smallest absolute Gasteiger partial charge is 0.268 e. The lowest BCUT2D eigenvalue weighted by Crippen LogP contribution is -2.44. The van der Waals surface area contributed by atoms with Crippen molar-refractivity contribution in [2.24, 2.45) is 5.92 Å². The van der Waals surface area contributed by atoms with Gasteiger partial charge in [0.25, 0.3) is 11.8 Å². The second-order valence-electron chi connectivity index (χ2n) is 9.96. The average Bonchev–Trinajstić information content (AvgIpc) is 3.53. The molecule has 3 aromatic rings. The molecule has 0 radical (unpaired) electrons. The molecule has 3 aliphatic heterocycles. The van der Waals surface area contributed by atoms with E-state index in [4.69, 9.17) is 9.47 Å². The van der Waals surface area contributed by atoms with Gasteiger partial charge in [0.15, 0.2) is 11.5 Å². The number of fused-ring (bicyclic) bond motifs is 2. The number of hydrogen-bond acceptors (Lipinski definition) is 6. The van der Waals surface area contributed by atoms with Crippen LogP contribution in [-0.2, 0) is 11.2 Å². The summed E-state index contributed by atoms with van der Waals surface area (Å²) in [6.07, 6.45) is 2.44. The Morgan fingerprint density at radius 3 is 2.63 bits per heavy atom. The first-order valence-corrected chi connectivity index (χ1v) is 13.0. The van der Waals surface area contributed by atoms with Gasteiger partial charge in [-0.2, -0.15) is 0 Å². The Labute approximate surface area is 221 Å². The van der Waals surface area contributed by atoms with Crippen LogP contribution in [0.3, 0.4) is 0 Å². The maximum atomic E-state index is 13.6. The van der Waals surface area contributed by atoms with Crippen LogP contribution in [0.2, 0.25) is 0 Å². The highest BCUT2D eigenvalue weighted by molar-refractivity contribution is 6.36. The van der Waals surface area contributed by atoms with Gasteiger partial charge >= 0.3 is 0 Å². The Balaban J connectivity index is 1.20. The van der Waals surface area contributed by atoms with Crippen LogP contribution < -0.4 is 19.3 Å². The van der Waals surface area contributed by atoms with Crippen LogP contribution in [0.25, 0.3) is 0 Å². The Bertz CT molecular complexity index is 1410. The Kier molecular flexibility index (Phi) is 6.23. The zero-order valence-electron chi connectivity index (χ0n) is 21.3. The van der Waals surface area contributed by atoms with Crippen molar-refractivity contribution in [3.8, 4) is 11.5 Å². The molecule has 0 bridgehead atoms. The SMILES string of the molecule is CN(CCc1ccccc1)C(=O)[C@H]1CCCN(c2cccc3c2C(=O)N(c2ccc4c(c2)OCO4)C3=O)C1. The van der Waals surface area contributed by atoms with Gasteiger partial charge in [0, 0.05) is 32.7 Å². The molecule has 0 unspecified atom stereocenters. The number of likely N-dealkylation sites (N-methyl/N-ethyl adjacent to an activating group) is 1. The highest BCUT2D eigenvalue weighted by Gasteiger charge is 2.41. The number of amides is 3.